The van der Waals surface area contributed by atoms with Gasteiger partial charge in [0.25, 0.3) is 0 Å². The minimum atomic E-state index is -8.85. The zero-order valence-corrected chi connectivity index (χ0v) is 13.4. The molecule has 1 aliphatic rings. The van der Waals surface area contributed by atoms with E-state index in [2.05, 4.69) is 0 Å². The summed E-state index contributed by atoms with van der Waals surface area (Å²) >= 11 is -4.79. The smallest absolute Gasteiger partial charge is 0.284 e. The predicted molar refractivity (Wildman–Crippen MR) is 55.3 cm³/mol. The molecule has 0 spiro atoms. The van der Waals surface area contributed by atoms with Crippen LogP contribution in [0.4, 0.5) is 74.6 Å². The van der Waals surface area contributed by atoms with Gasteiger partial charge < -0.3 is 0 Å². The zero-order chi connectivity index (χ0) is 24.8. The van der Waals surface area contributed by atoms with E-state index in [1.165, 1.54) is 0 Å². The molecule has 1 atom stereocenters. The molecule has 0 saturated heterocycles. The van der Waals surface area contributed by atoms with Crippen LogP contribution in [0.5, 0.6) is 0 Å². The van der Waals surface area contributed by atoms with E-state index in [1.807, 2.05) is 4.18 Å². The summed E-state index contributed by atoms with van der Waals surface area (Å²) in [5, 5.41) is 0. The van der Waals surface area contributed by atoms with Gasteiger partial charge in [0.2, 0.25) is 0 Å². The van der Waals surface area contributed by atoms with Crippen LogP contribution in [-0.4, -0.2) is 62.0 Å². The molecule has 0 aliphatic heterocycles. The molecular formula is C9HF17O3S. The molecule has 0 aromatic carbocycles. The molecule has 1 aliphatic carbocycles. The molecule has 0 aromatic heterocycles. The van der Waals surface area contributed by atoms with Gasteiger partial charge in [0.05, 0.1) is 0 Å². The number of alkyl halides is 17. The standard InChI is InChI=1S/C9HF17O3S/c10-1(4(15,16)8(23,24)9(25,26)29-30(27)28)2(11,12)5(17,18)7(21,22)6(19,20)3(1,13)14/h(H,27,28). The van der Waals surface area contributed by atoms with Crippen molar-refractivity contribution in [1.82, 2.24) is 0 Å². The first kappa shape index (κ1) is 26.9. The quantitative estimate of drug-likeness (QED) is 0.422. The van der Waals surface area contributed by atoms with Crippen molar-refractivity contribution in [2.75, 3.05) is 0 Å². The fourth-order valence-corrected chi connectivity index (χ4v) is 2.44. The van der Waals surface area contributed by atoms with Gasteiger partial charge in [0.15, 0.2) is 0 Å². The number of rotatable bonds is 5. The summed E-state index contributed by atoms with van der Waals surface area (Å²) in [6.07, 6.45) is -7.47. The fourth-order valence-electron chi connectivity index (χ4n) is 2.16. The van der Waals surface area contributed by atoms with Gasteiger partial charge in [0.1, 0.15) is 0 Å². The van der Waals surface area contributed by atoms with Gasteiger partial charge in [0, 0.05) is 0 Å². The minimum Gasteiger partial charge on any atom is -0.284 e. The van der Waals surface area contributed by atoms with Crippen LogP contribution in [0.3, 0.4) is 0 Å². The Hall–Kier alpha value is -1.12. The van der Waals surface area contributed by atoms with E-state index in [0.29, 0.717) is 0 Å². The molecular weight excluding hydrogens is 511 g/mol. The van der Waals surface area contributed by atoms with Gasteiger partial charge in [-0.2, -0.15) is 78.6 Å². The molecule has 3 nitrogen and oxygen atoms in total. The molecule has 1 saturated carbocycles. The van der Waals surface area contributed by atoms with Crippen molar-refractivity contribution >= 4 is 11.4 Å². The van der Waals surface area contributed by atoms with E-state index >= 15 is 0 Å². The first-order chi connectivity index (χ1) is 12.7. The lowest BCUT2D eigenvalue weighted by molar-refractivity contribution is -0.524. The maximum Gasteiger partial charge on any atom is 0.439 e. The normalized spacial score (nSPS) is 28.1. The molecule has 21 heteroatoms. The maximum absolute atomic E-state index is 14.1. The Morgan fingerprint density at radius 1 is 0.600 bits per heavy atom. The van der Waals surface area contributed by atoms with Crippen LogP contribution in [0.25, 0.3) is 0 Å². The Labute approximate surface area is 153 Å². The maximum atomic E-state index is 14.1. The van der Waals surface area contributed by atoms with Crippen LogP contribution < -0.4 is 0 Å². The average molecular weight is 512 g/mol. The van der Waals surface area contributed by atoms with Gasteiger partial charge in [-0.1, -0.05) is 0 Å². The second-order valence-corrected chi connectivity index (χ2v) is 6.10. The number of hydrogen-bond acceptors (Lipinski definition) is 2. The first-order valence-corrected chi connectivity index (χ1v) is 7.21. The van der Waals surface area contributed by atoms with Gasteiger partial charge in [-0.3, -0.25) is 4.55 Å². The molecule has 30 heavy (non-hydrogen) atoms. The SMILES string of the molecule is O=S(O)OC(F)(F)C(F)(F)C(F)(F)C1(F)C(F)(F)C(F)(F)C(F)(F)C(F)(F)C1(F)F. The van der Waals surface area contributed by atoms with Gasteiger partial charge in [-0.15, -0.1) is 0 Å². The van der Waals surface area contributed by atoms with Crippen molar-refractivity contribution in [3.63, 3.8) is 0 Å². The van der Waals surface area contributed by atoms with E-state index in [0.717, 1.165) is 0 Å². The number of hydrogen-bond donors (Lipinski definition) is 1. The zero-order valence-electron chi connectivity index (χ0n) is 12.6. The second-order valence-electron chi connectivity index (χ2n) is 5.50. The van der Waals surface area contributed by atoms with Crippen LogP contribution in [0.2, 0.25) is 0 Å². The summed E-state index contributed by atoms with van der Waals surface area (Å²) < 4.78 is 245. The summed E-state index contributed by atoms with van der Waals surface area (Å²) in [7, 11) is 0. The topological polar surface area (TPSA) is 46.5 Å². The van der Waals surface area contributed by atoms with Crippen LogP contribution in [0, 0.1) is 0 Å². The largest absolute Gasteiger partial charge is 0.439 e. The van der Waals surface area contributed by atoms with Crippen molar-refractivity contribution in [3.05, 3.63) is 0 Å². The summed E-state index contributed by atoms with van der Waals surface area (Å²) in [5.74, 6) is -59.0. The monoisotopic (exact) mass is 512 g/mol. The van der Waals surface area contributed by atoms with E-state index in [4.69, 9.17) is 4.55 Å². The highest BCUT2D eigenvalue weighted by Crippen LogP contribution is 2.74. The lowest BCUT2D eigenvalue weighted by Crippen LogP contribution is -2.89. The Morgan fingerprint density at radius 3 is 1.13 bits per heavy atom. The Morgan fingerprint density at radius 2 is 0.867 bits per heavy atom. The van der Waals surface area contributed by atoms with Crippen LogP contribution >= 0.6 is 0 Å². The summed E-state index contributed by atoms with van der Waals surface area (Å²) in [6, 6.07) is 0. The highest BCUT2D eigenvalue weighted by atomic mass is 32.2. The van der Waals surface area contributed by atoms with Crippen molar-refractivity contribution in [2.45, 2.75) is 53.2 Å². The average Bonchev–Trinajstić information content (AvgIpc) is 2.50. The molecule has 0 amide bonds. The highest BCUT2D eigenvalue weighted by molar-refractivity contribution is 7.74. The fraction of sp³-hybridized carbons (Fsp3) is 1.00. The predicted octanol–water partition coefficient (Wildman–Crippen LogP) is 4.90. The van der Waals surface area contributed by atoms with Crippen LogP contribution in [0.15, 0.2) is 0 Å². The summed E-state index contributed by atoms with van der Waals surface area (Å²) in [4.78, 5) is 0. The lowest BCUT2D eigenvalue weighted by atomic mass is 9.67. The van der Waals surface area contributed by atoms with Crippen molar-refractivity contribution in [2.24, 2.45) is 0 Å². The Kier molecular flexibility index (Phi) is 5.59. The molecule has 1 rings (SSSR count). The van der Waals surface area contributed by atoms with Crippen molar-refractivity contribution < 1.29 is 87.6 Å². The van der Waals surface area contributed by atoms with Gasteiger partial charge in [-0.25, -0.2) is 4.39 Å². The molecule has 0 aromatic rings. The molecule has 0 radical (unpaired) electrons. The minimum absolute atomic E-state index is 1.89. The van der Waals surface area contributed by atoms with Gasteiger partial charge >= 0.3 is 64.6 Å². The second kappa shape index (κ2) is 6.23. The first-order valence-electron chi connectivity index (χ1n) is 6.18. The molecule has 1 unspecified atom stereocenters. The van der Waals surface area contributed by atoms with E-state index in [9.17, 15) is 78.8 Å². The molecule has 1 N–H and O–H groups in total. The third kappa shape index (κ3) is 2.50. The van der Waals surface area contributed by atoms with Crippen molar-refractivity contribution in [3.8, 4) is 0 Å². The molecule has 180 valence electrons. The molecule has 1 fully saturated rings. The highest BCUT2D eigenvalue weighted by Gasteiger charge is 3.07. The van der Waals surface area contributed by atoms with Gasteiger partial charge in [-0.05, 0) is 0 Å². The van der Waals surface area contributed by atoms with E-state index in [-0.39, 0.29) is 0 Å². The van der Waals surface area contributed by atoms with Crippen molar-refractivity contribution in [1.29, 1.82) is 0 Å². The Bertz CT molecular complexity index is 700. The van der Waals surface area contributed by atoms with Crippen LogP contribution in [-0.2, 0) is 15.5 Å². The third-order valence-corrected chi connectivity index (χ3v) is 4.16. The summed E-state index contributed by atoms with van der Waals surface area (Å²) in [6.45, 7) is 0. The molecule has 0 bridgehead atoms. The lowest BCUT2D eigenvalue weighted by Gasteiger charge is -2.55. The van der Waals surface area contributed by atoms with E-state index in [1.54, 1.807) is 0 Å². The number of halogens is 17. The third-order valence-electron chi connectivity index (χ3n) is 3.81. The molecule has 0 heterocycles. The van der Waals surface area contributed by atoms with Crippen LogP contribution in [0.1, 0.15) is 0 Å². The van der Waals surface area contributed by atoms with E-state index < -0.39 is 64.6 Å². The summed E-state index contributed by atoms with van der Waals surface area (Å²) in [5.41, 5.74) is -8.85. The Balaban J connectivity index is 4.05.